The second kappa shape index (κ2) is 13.8. The highest BCUT2D eigenvalue weighted by atomic mass is 16.7. The fourth-order valence-electron chi connectivity index (χ4n) is 5.51. The van der Waals surface area contributed by atoms with Gasteiger partial charge in [0.15, 0.2) is 0 Å². The number of aromatic nitrogens is 1. The Hall–Kier alpha value is -2.84. The monoisotopic (exact) mass is 531 g/mol. The van der Waals surface area contributed by atoms with Crippen LogP contribution in [-0.2, 0) is 33.7 Å². The molecule has 0 spiro atoms. The zero-order valence-electron chi connectivity index (χ0n) is 23.6. The Morgan fingerprint density at radius 1 is 0.974 bits per heavy atom. The van der Waals surface area contributed by atoms with Crippen molar-refractivity contribution in [3.8, 4) is 0 Å². The van der Waals surface area contributed by atoms with Crippen molar-refractivity contribution in [3.05, 3.63) is 33.2 Å². The van der Waals surface area contributed by atoms with Crippen LogP contribution in [0.1, 0.15) is 107 Å². The van der Waals surface area contributed by atoms with E-state index in [1.807, 2.05) is 18.4 Å². The molecule has 0 aromatic carbocycles. The van der Waals surface area contributed by atoms with Gasteiger partial charge in [0, 0.05) is 25.3 Å². The van der Waals surface area contributed by atoms with E-state index in [0.717, 1.165) is 62.6 Å². The molecular formula is C29H45N3O6. The summed E-state index contributed by atoms with van der Waals surface area (Å²) in [5.41, 5.74) is 0.488. The Labute approximate surface area is 226 Å². The van der Waals surface area contributed by atoms with E-state index in [0.29, 0.717) is 25.6 Å². The van der Waals surface area contributed by atoms with Crippen LogP contribution in [0.3, 0.4) is 0 Å². The smallest absolute Gasteiger partial charge is 0.412 e. The quantitative estimate of drug-likeness (QED) is 0.369. The first-order valence-electron chi connectivity index (χ1n) is 14.3. The molecule has 1 saturated carbocycles. The summed E-state index contributed by atoms with van der Waals surface area (Å²) in [6.07, 6.45) is 11.3. The zero-order valence-corrected chi connectivity index (χ0v) is 23.6. The first kappa shape index (κ1) is 29.7. The van der Waals surface area contributed by atoms with E-state index in [9.17, 15) is 19.2 Å². The van der Waals surface area contributed by atoms with Gasteiger partial charge < -0.3 is 24.3 Å². The third-order valence-corrected chi connectivity index (χ3v) is 7.84. The highest BCUT2D eigenvalue weighted by Gasteiger charge is 2.33. The average Bonchev–Trinajstić information content (AvgIpc) is 2.87. The van der Waals surface area contributed by atoms with Crippen molar-refractivity contribution in [3.63, 3.8) is 0 Å². The van der Waals surface area contributed by atoms with Crippen molar-refractivity contribution in [1.82, 2.24) is 14.8 Å². The van der Waals surface area contributed by atoms with E-state index in [2.05, 4.69) is 5.32 Å². The molecule has 0 bridgehead atoms. The number of aryl methyl sites for hydroxylation is 1. The van der Waals surface area contributed by atoms with Crippen LogP contribution < -0.4 is 10.9 Å². The Kier molecular flexibility index (Phi) is 10.8. The van der Waals surface area contributed by atoms with Crippen LogP contribution in [-0.4, -0.2) is 52.9 Å². The molecule has 9 nitrogen and oxygen atoms in total. The molecule has 0 saturated heterocycles. The highest BCUT2D eigenvalue weighted by molar-refractivity contribution is 5.97. The molecule has 2 amide bonds. The first-order chi connectivity index (χ1) is 18.2. The summed E-state index contributed by atoms with van der Waals surface area (Å²) < 4.78 is 12.0. The summed E-state index contributed by atoms with van der Waals surface area (Å²) in [6, 6.07) is 1.74. The van der Waals surface area contributed by atoms with Gasteiger partial charge in [-0.3, -0.25) is 9.59 Å². The number of carbonyl (C=O) groups excluding carboxylic acids is 3. The van der Waals surface area contributed by atoms with Gasteiger partial charge in [-0.15, -0.1) is 0 Å². The number of amides is 2. The molecule has 1 aromatic rings. The zero-order chi connectivity index (χ0) is 27.7. The van der Waals surface area contributed by atoms with Crippen molar-refractivity contribution < 1.29 is 23.9 Å². The maximum absolute atomic E-state index is 13.7. The maximum atomic E-state index is 13.7. The predicted molar refractivity (Wildman–Crippen MR) is 145 cm³/mol. The summed E-state index contributed by atoms with van der Waals surface area (Å²) in [7, 11) is 0. The Morgan fingerprint density at radius 3 is 2.26 bits per heavy atom. The highest BCUT2D eigenvalue weighted by Crippen LogP contribution is 2.27. The standard InChI is InChI=1S/C29H45N3O6/c1-5-31(6-2)28(36)38-20-37-27(35)29(3,4)30-25(33)23-18-22-16-12-7-8-13-17-24(22)32(26(23)34)19-21-14-10-9-11-15-21/h18,21H,5-17,19-20H2,1-4H3,(H,30,33). The lowest BCUT2D eigenvalue weighted by Crippen LogP contribution is -2.52. The molecule has 2 aliphatic carbocycles. The number of fused-ring (bicyclic) bond motifs is 1. The van der Waals surface area contributed by atoms with Gasteiger partial charge in [0.2, 0.25) is 6.79 Å². The van der Waals surface area contributed by atoms with Crippen LogP contribution in [0.15, 0.2) is 10.9 Å². The molecule has 38 heavy (non-hydrogen) atoms. The van der Waals surface area contributed by atoms with Crippen molar-refractivity contribution in [2.24, 2.45) is 5.92 Å². The molecule has 0 aliphatic heterocycles. The molecule has 1 fully saturated rings. The minimum absolute atomic E-state index is 0.0639. The number of rotatable bonds is 9. The second-order valence-electron chi connectivity index (χ2n) is 11.1. The molecule has 0 atom stereocenters. The molecule has 2 aliphatic rings. The molecule has 1 N–H and O–H groups in total. The van der Waals surface area contributed by atoms with E-state index >= 15 is 0 Å². The fraction of sp³-hybridized carbons (Fsp3) is 0.724. The van der Waals surface area contributed by atoms with Gasteiger partial charge in [0.1, 0.15) is 11.1 Å². The van der Waals surface area contributed by atoms with Crippen LogP contribution in [0.5, 0.6) is 0 Å². The summed E-state index contributed by atoms with van der Waals surface area (Å²) in [5.74, 6) is -0.911. The molecular weight excluding hydrogens is 486 g/mol. The minimum Gasteiger partial charge on any atom is -0.426 e. The number of hydrogen-bond donors (Lipinski definition) is 1. The predicted octanol–water partition coefficient (Wildman–Crippen LogP) is 4.58. The summed E-state index contributed by atoms with van der Waals surface area (Å²) in [5, 5.41) is 2.68. The van der Waals surface area contributed by atoms with Crippen LogP contribution in [0.4, 0.5) is 4.79 Å². The molecule has 0 radical (unpaired) electrons. The Bertz CT molecular complexity index is 1040. The second-order valence-corrected chi connectivity index (χ2v) is 11.1. The lowest BCUT2D eigenvalue weighted by atomic mass is 9.88. The molecule has 1 heterocycles. The molecule has 212 valence electrons. The SMILES string of the molecule is CCN(CC)C(=O)OCOC(=O)C(C)(C)NC(=O)c1cc2c(n(CC3CCCCC3)c1=O)CCCCCC2. The van der Waals surface area contributed by atoms with E-state index in [1.165, 1.54) is 38.0 Å². The van der Waals surface area contributed by atoms with Crippen LogP contribution in [0.25, 0.3) is 0 Å². The lowest BCUT2D eigenvalue weighted by Gasteiger charge is -2.27. The van der Waals surface area contributed by atoms with Gasteiger partial charge in [-0.05, 0) is 83.8 Å². The number of esters is 1. The summed E-state index contributed by atoms with van der Waals surface area (Å²) >= 11 is 0. The first-order valence-corrected chi connectivity index (χ1v) is 14.3. The van der Waals surface area contributed by atoms with Gasteiger partial charge in [-0.2, -0.15) is 0 Å². The van der Waals surface area contributed by atoms with E-state index in [4.69, 9.17) is 9.47 Å². The van der Waals surface area contributed by atoms with Gasteiger partial charge in [0.25, 0.3) is 11.5 Å². The minimum atomic E-state index is -1.43. The Balaban J connectivity index is 1.77. The van der Waals surface area contributed by atoms with E-state index in [1.54, 1.807) is 6.07 Å². The largest absolute Gasteiger partial charge is 0.426 e. The molecule has 0 unspecified atom stereocenters. The van der Waals surface area contributed by atoms with Gasteiger partial charge in [-0.1, -0.05) is 32.1 Å². The maximum Gasteiger partial charge on any atom is 0.412 e. The molecule has 9 heteroatoms. The number of carbonyl (C=O) groups is 3. The van der Waals surface area contributed by atoms with Gasteiger partial charge >= 0.3 is 12.1 Å². The number of ether oxygens (including phenoxy) is 2. The van der Waals surface area contributed by atoms with Crippen molar-refractivity contribution in [2.75, 3.05) is 19.9 Å². The molecule has 1 aromatic heterocycles. The van der Waals surface area contributed by atoms with Crippen molar-refractivity contribution in [1.29, 1.82) is 0 Å². The van der Waals surface area contributed by atoms with Crippen LogP contribution in [0, 0.1) is 5.92 Å². The molecule has 3 rings (SSSR count). The van der Waals surface area contributed by atoms with Gasteiger partial charge in [-0.25, -0.2) is 9.59 Å². The Morgan fingerprint density at radius 2 is 1.61 bits per heavy atom. The number of pyridine rings is 1. The lowest BCUT2D eigenvalue weighted by molar-refractivity contribution is -0.158. The van der Waals surface area contributed by atoms with Gasteiger partial charge in [0.05, 0.1) is 0 Å². The third-order valence-electron chi connectivity index (χ3n) is 7.84. The summed E-state index contributed by atoms with van der Waals surface area (Å²) in [6.45, 7) is 7.70. The van der Waals surface area contributed by atoms with E-state index < -0.39 is 30.3 Å². The van der Waals surface area contributed by atoms with Crippen LogP contribution in [0.2, 0.25) is 0 Å². The fourth-order valence-corrected chi connectivity index (χ4v) is 5.51. The van der Waals surface area contributed by atoms with Crippen LogP contribution >= 0.6 is 0 Å². The van der Waals surface area contributed by atoms with E-state index in [-0.39, 0.29) is 11.1 Å². The number of nitrogens with one attached hydrogen (secondary N) is 1. The van der Waals surface area contributed by atoms with Crippen molar-refractivity contribution >= 4 is 18.0 Å². The summed E-state index contributed by atoms with van der Waals surface area (Å²) in [4.78, 5) is 53.3. The number of hydrogen-bond acceptors (Lipinski definition) is 6. The number of nitrogens with zero attached hydrogens (tertiary/aromatic N) is 2. The average molecular weight is 532 g/mol. The third kappa shape index (κ3) is 7.60. The normalized spacial score (nSPS) is 16.5. The topological polar surface area (TPSA) is 107 Å². The van der Waals surface area contributed by atoms with Crippen molar-refractivity contribution in [2.45, 2.75) is 110 Å².